The number of nitrogens with one attached hydrogen (secondary N) is 2. The molecular formula is C31H46N4O5S. The third kappa shape index (κ3) is 10.2. The number of likely N-dealkylation sites (tertiary alicyclic amines) is 1. The van der Waals surface area contributed by atoms with E-state index in [0.29, 0.717) is 30.3 Å². The lowest BCUT2D eigenvalue weighted by molar-refractivity contribution is -0.0182. The number of piperidine rings is 1. The summed E-state index contributed by atoms with van der Waals surface area (Å²) < 4.78 is 31.1. The molecule has 0 atom stereocenters. The summed E-state index contributed by atoms with van der Waals surface area (Å²) in [5, 5.41) is 14.3. The summed E-state index contributed by atoms with van der Waals surface area (Å²) in [6, 6.07) is 14.9. The molecule has 2 fully saturated rings. The Morgan fingerprint density at radius 2 is 1.63 bits per heavy atom. The molecule has 1 aliphatic heterocycles. The number of anilines is 1. The van der Waals surface area contributed by atoms with Crippen molar-refractivity contribution in [3.63, 3.8) is 0 Å². The Morgan fingerprint density at radius 3 is 2.22 bits per heavy atom. The van der Waals surface area contributed by atoms with Crippen molar-refractivity contribution in [3.8, 4) is 11.5 Å². The summed E-state index contributed by atoms with van der Waals surface area (Å²) in [7, 11) is -3.31. The van der Waals surface area contributed by atoms with E-state index in [-0.39, 0.29) is 12.1 Å². The van der Waals surface area contributed by atoms with Crippen LogP contribution in [0.3, 0.4) is 0 Å². The van der Waals surface area contributed by atoms with Gasteiger partial charge >= 0.3 is 6.03 Å². The van der Waals surface area contributed by atoms with Gasteiger partial charge in [0.25, 0.3) is 0 Å². The molecular weight excluding hydrogens is 540 g/mol. The molecule has 1 heterocycles. The molecule has 0 bridgehead atoms. The maximum Gasteiger partial charge on any atom is 0.317 e. The number of ether oxygens (including phenoxy) is 1. The number of carbonyl (C=O) groups is 1. The van der Waals surface area contributed by atoms with Crippen molar-refractivity contribution in [2.45, 2.75) is 82.9 Å². The topological polar surface area (TPSA) is 111 Å². The summed E-state index contributed by atoms with van der Waals surface area (Å²) in [6.45, 7) is 5.91. The largest absolute Gasteiger partial charge is 0.457 e. The van der Waals surface area contributed by atoms with Crippen molar-refractivity contribution in [3.05, 3.63) is 54.1 Å². The van der Waals surface area contributed by atoms with E-state index in [1.807, 2.05) is 17.0 Å². The van der Waals surface area contributed by atoms with E-state index in [2.05, 4.69) is 34.0 Å². The van der Waals surface area contributed by atoms with Crippen molar-refractivity contribution >= 4 is 21.7 Å². The van der Waals surface area contributed by atoms with Crippen molar-refractivity contribution in [2.75, 3.05) is 37.2 Å². The van der Waals surface area contributed by atoms with Crippen LogP contribution in [0.5, 0.6) is 11.5 Å². The number of nitrogens with zero attached hydrogens (tertiary/aromatic N) is 2. The second kappa shape index (κ2) is 14.4. The number of carbonyl (C=O) groups excluding carboxylic acids is 1. The maximum atomic E-state index is 13.2. The van der Waals surface area contributed by atoms with Gasteiger partial charge in [0.15, 0.2) is 0 Å². The highest BCUT2D eigenvalue weighted by molar-refractivity contribution is 7.92. The molecule has 2 aromatic rings. The van der Waals surface area contributed by atoms with Crippen LogP contribution < -0.4 is 14.8 Å². The predicted octanol–water partition coefficient (Wildman–Crippen LogP) is 5.32. The molecule has 2 amide bonds. The number of benzene rings is 2. The minimum Gasteiger partial charge on any atom is -0.457 e. The van der Waals surface area contributed by atoms with Crippen molar-refractivity contribution in [1.29, 1.82) is 0 Å². The quantitative estimate of drug-likeness (QED) is 0.310. The van der Waals surface area contributed by atoms with Gasteiger partial charge in [-0.05, 0) is 74.1 Å². The van der Waals surface area contributed by atoms with E-state index in [1.54, 1.807) is 24.3 Å². The van der Waals surface area contributed by atoms with Crippen LogP contribution >= 0.6 is 0 Å². The van der Waals surface area contributed by atoms with Gasteiger partial charge in [-0.1, -0.05) is 44.7 Å². The van der Waals surface area contributed by atoms with Crippen LogP contribution in [0.15, 0.2) is 48.5 Å². The van der Waals surface area contributed by atoms with Gasteiger partial charge in [0.05, 0.1) is 18.4 Å². The Bertz CT molecular complexity index is 1210. The van der Waals surface area contributed by atoms with Gasteiger partial charge in [-0.3, -0.25) is 9.62 Å². The second-order valence-electron chi connectivity index (χ2n) is 11.7. The van der Waals surface area contributed by atoms with E-state index in [1.165, 1.54) is 12.0 Å². The number of aliphatic hydroxyl groups is 1. The average Bonchev–Trinajstić information content (AvgIpc) is 2.94. The van der Waals surface area contributed by atoms with E-state index in [0.717, 1.165) is 77.3 Å². The van der Waals surface area contributed by atoms with E-state index < -0.39 is 15.6 Å². The third-order valence-electron chi connectivity index (χ3n) is 7.98. The van der Waals surface area contributed by atoms with Crippen molar-refractivity contribution < 1.29 is 23.1 Å². The SMILES string of the molecule is CCCCN(CC1(O)CCCCC1)C(=O)NC1CCN(Cc2ccc(Oc3ccc(NS(C)(=O)=O)cc3)cc2)CC1. The molecule has 2 aliphatic rings. The molecule has 2 aromatic carbocycles. The standard InChI is InChI=1S/C31H46N4O5S/c1-3-4-20-35(24-31(37)18-6-5-7-19-31)30(36)32-26-16-21-34(22-17-26)23-25-8-12-28(13-9-25)40-29-14-10-27(11-15-29)33-41(2,38)39/h8-15,26,33,37H,3-7,16-24H2,1-2H3,(H,32,36). The molecule has 0 radical (unpaired) electrons. The summed E-state index contributed by atoms with van der Waals surface area (Å²) in [5.41, 5.74) is 0.944. The summed E-state index contributed by atoms with van der Waals surface area (Å²) in [4.78, 5) is 17.5. The lowest BCUT2D eigenvalue weighted by Gasteiger charge is -2.38. The molecule has 1 saturated heterocycles. The van der Waals surface area contributed by atoms with Crippen molar-refractivity contribution in [1.82, 2.24) is 15.1 Å². The number of unbranched alkanes of at least 4 members (excludes halogenated alkanes) is 1. The zero-order chi connectivity index (χ0) is 29.3. The van der Waals surface area contributed by atoms with Gasteiger partial charge < -0.3 is 20.1 Å². The number of rotatable bonds is 12. The lowest BCUT2D eigenvalue weighted by atomic mass is 9.84. The minimum atomic E-state index is -3.31. The second-order valence-corrected chi connectivity index (χ2v) is 13.5. The van der Waals surface area contributed by atoms with Gasteiger partial charge in [0.2, 0.25) is 10.0 Å². The first-order chi connectivity index (χ1) is 19.6. The smallest absolute Gasteiger partial charge is 0.317 e. The third-order valence-corrected chi connectivity index (χ3v) is 8.58. The maximum absolute atomic E-state index is 13.2. The summed E-state index contributed by atoms with van der Waals surface area (Å²) in [5.74, 6) is 1.34. The number of amides is 2. The highest BCUT2D eigenvalue weighted by atomic mass is 32.2. The predicted molar refractivity (Wildman–Crippen MR) is 163 cm³/mol. The lowest BCUT2D eigenvalue weighted by Crippen LogP contribution is -2.53. The Kier molecular flexibility index (Phi) is 10.9. The van der Waals surface area contributed by atoms with Crippen LogP contribution in [-0.4, -0.2) is 73.4 Å². The van der Waals surface area contributed by atoms with Gasteiger partial charge in [-0.15, -0.1) is 0 Å². The van der Waals surface area contributed by atoms with Gasteiger partial charge in [-0.2, -0.15) is 0 Å². The molecule has 3 N–H and O–H groups in total. The summed E-state index contributed by atoms with van der Waals surface area (Å²) >= 11 is 0. The normalized spacial score (nSPS) is 18.0. The monoisotopic (exact) mass is 586 g/mol. The highest BCUT2D eigenvalue weighted by Crippen LogP contribution is 2.29. The van der Waals surface area contributed by atoms with Crippen molar-refractivity contribution in [2.24, 2.45) is 0 Å². The zero-order valence-corrected chi connectivity index (χ0v) is 25.3. The fourth-order valence-corrected chi connectivity index (χ4v) is 6.25. The number of urea groups is 1. The van der Waals surface area contributed by atoms with Crippen LogP contribution in [0, 0.1) is 0 Å². The van der Waals surface area contributed by atoms with E-state index >= 15 is 0 Å². The first-order valence-corrected chi connectivity index (χ1v) is 16.8. The highest BCUT2D eigenvalue weighted by Gasteiger charge is 2.33. The minimum absolute atomic E-state index is 0.0345. The van der Waals surface area contributed by atoms with Crippen LogP contribution in [0.2, 0.25) is 0 Å². The molecule has 41 heavy (non-hydrogen) atoms. The fourth-order valence-electron chi connectivity index (χ4n) is 5.69. The molecule has 0 unspecified atom stereocenters. The van der Waals surface area contributed by atoms with Crippen LogP contribution in [0.4, 0.5) is 10.5 Å². The van der Waals surface area contributed by atoms with Gasteiger partial charge in [0.1, 0.15) is 11.5 Å². The molecule has 10 heteroatoms. The zero-order valence-electron chi connectivity index (χ0n) is 24.5. The van der Waals surface area contributed by atoms with E-state index in [4.69, 9.17) is 4.74 Å². The van der Waals surface area contributed by atoms with Crippen LogP contribution in [0.1, 0.15) is 70.3 Å². The molecule has 226 valence electrons. The first kappa shape index (κ1) is 31.1. The Hall–Kier alpha value is -2.82. The molecule has 0 spiro atoms. The molecule has 4 rings (SSSR count). The molecule has 1 saturated carbocycles. The Balaban J connectivity index is 1.22. The Labute approximate surface area is 245 Å². The molecule has 9 nitrogen and oxygen atoms in total. The van der Waals surface area contributed by atoms with Crippen LogP contribution in [0.25, 0.3) is 0 Å². The fraction of sp³-hybridized carbons (Fsp3) is 0.581. The number of hydrogen-bond acceptors (Lipinski definition) is 6. The van der Waals surface area contributed by atoms with Gasteiger partial charge in [0, 0.05) is 37.9 Å². The Morgan fingerprint density at radius 1 is 1.02 bits per heavy atom. The summed E-state index contributed by atoms with van der Waals surface area (Å²) in [6.07, 6.45) is 9.71. The molecule has 0 aromatic heterocycles. The molecule has 1 aliphatic carbocycles. The van der Waals surface area contributed by atoms with E-state index in [9.17, 15) is 18.3 Å². The van der Waals surface area contributed by atoms with Gasteiger partial charge in [-0.25, -0.2) is 13.2 Å². The van der Waals surface area contributed by atoms with Crippen LogP contribution in [-0.2, 0) is 16.6 Å². The number of sulfonamides is 1. The number of hydrogen-bond donors (Lipinski definition) is 3. The first-order valence-electron chi connectivity index (χ1n) is 15.0. The average molecular weight is 587 g/mol.